The fourth-order valence-electron chi connectivity index (χ4n) is 3.82. The van der Waals surface area contributed by atoms with Crippen LogP contribution in [-0.4, -0.2) is 13.3 Å². The summed E-state index contributed by atoms with van der Waals surface area (Å²) in [5.74, 6) is -0.217. The lowest BCUT2D eigenvalue weighted by atomic mass is 9.78. The summed E-state index contributed by atoms with van der Waals surface area (Å²) in [7, 11) is 0. The molecule has 1 fully saturated rings. The summed E-state index contributed by atoms with van der Waals surface area (Å²) in [6, 6.07) is 12.0. The van der Waals surface area contributed by atoms with Crippen LogP contribution in [0.1, 0.15) is 43.6 Å². The van der Waals surface area contributed by atoms with E-state index in [-0.39, 0.29) is 6.67 Å². The van der Waals surface area contributed by atoms with Gasteiger partial charge in [-0.15, -0.1) is 0 Å². The second-order valence-corrected chi connectivity index (χ2v) is 7.16. The highest BCUT2D eigenvalue weighted by atomic mass is 19.3. The Labute approximate surface area is 163 Å². The third kappa shape index (κ3) is 5.37. The fourth-order valence-corrected chi connectivity index (χ4v) is 3.82. The van der Waals surface area contributed by atoms with Gasteiger partial charge in [0.2, 0.25) is 0 Å². The molecule has 0 bridgehead atoms. The van der Waals surface area contributed by atoms with Crippen LogP contribution in [0.5, 0.6) is 5.75 Å². The highest BCUT2D eigenvalue weighted by Gasteiger charge is 2.21. The molecule has 1 aliphatic rings. The van der Waals surface area contributed by atoms with Crippen LogP contribution in [0.15, 0.2) is 54.6 Å². The third-order valence-electron chi connectivity index (χ3n) is 5.32. The van der Waals surface area contributed by atoms with Crippen LogP contribution in [0, 0.1) is 11.7 Å². The SMILES string of the molecule is FCC/C=C/C1CCC(c2ccc(-c3ccc(OC(F)F)c(F)c3)cc2)CC1. The van der Waals surface area contributed by atoms with Crippen LogP contribution in [0.3, 0.4) is 0 Å². The fraction of sp³-hybridized carbons (Fsp3) is 0.391. The Morgan fingerprint density at radius 1 is 0.964 bits per heavy atom. The molecule has 0 amide bonds. The van der Waals surface area contributed by atoms with Crippen molar-refractivity contribution in [2.45, 2.75) is 44.6 Å². The van der Waals surface area contributed by atoms with Gasteiger partial charge in [-0.3, -0.25) is 4.39 Å². The van der Waals surface area contributed by atoms with Gasteiger partial charge in [0.15, 0.2) is 11.6 Å². The molecule has 3 rings (SSSR count). The van der Waals surface area contributed by atoms with Crippen molar-refractivity contribution >= 4 is 0 Å². The molecular weight excluding hydrogens is 368 g/mol. The maximum absolute atomic E-state index is 13.9. The molecule has 0 aromatic heterocycles. The predicted molar refractivity (Wildman–Crippen MR) is 103 cm³/mol. The van der Waals surface area contributed by atoms with E-state index in [0.29, 0.717) is 23.8 Å². The molecule has 0 N–H and O–H groups in total. The van der Waals surface area contributed by atoms with Crippen LogP contribution in [0.25, 0.3) is 11.1 Å². The molecule has 0 unspecified atom stereocenters. The lowest BCUT2D eigenvalue weighted by Gasteiger charge is -2.27. The number of halogens is 4. The van der Waals surface area contributed by atoms with Crippen molar-refractivity contribution in [1.82, 2.24) is 0 Å². The first-order valence-electron chi connectivity index (χ1n) is 9.64. The van der Waals surface area contributed by atoms with Gasteiger partial charge in [0.1, 0.15) is 0 Å². The molecular formula is C23H24F4O. The van der Waals surface area contributed by atoms with Gasteiger partial charge in [0.05, 0.1) is 6.67 Å². The van der Waals surface area contributed by atoms with Crippen molar-refractivity contribution in [3.8, 4) is 16.9 Å². The van der Waals surface area contributed by atoms with Crippen LogP contribution >= 0.6 is 0 Å². The molecule has 0 spiro atoms. The molecule has 2 aromatic rings. The normalized spacial score (nSPS) is 20.0. The summed E-state index contributed by atoms with van der Waals surface area (Å²) >= 11 is 0. The Bertz CT molecular complexity index is 778. The van der Waals surface area contributed by atoms with Crippen molar-refractivity contribution in [2.24, 2.45) is 5.92 Å². The minimum absolute atomic E-state index is 0.302. The number of ether oxygens (including phenoxy) is 1. The first kappa shape index (κ1) is 20.4. The highest BCUT2D eigenvalue weighted by Crippen LogP contribution is 2.37. The van der Waals surface area contributed by atoms with E-state index in [1.807, 2.05) is 18.2 Å². The standard InChI is InChI=1S/C23H24F4O/c24-14-2-1-3-16-4-6-17(7-5-16)18-8-10-19(11-9-18)20-12-13-22(21(25)15-20)28-23(26)27/h1,3,8-13,15-17,23H,2,4-7,14H2/b3-1+. The van der Waals surface area contributed by atoms with Crippen molar-refractivity contribution in [3.05, 3.63) is 66.0 Å². The molecule has 0 heterocycles. The first-order valence-corrected chi connectivity index (χ1v) is 9.64. The maximum Gasteiger partial charge on any atom is 0.387 e. The van der Waals surface area contributed by atoms with Crippen molar-refractivity contribution in [2.75, 3.05) is 6.67 Å². The molecule has 1 aliphatic carbocycles. The molecule has 1 nitrogen and oxygen atoms in total. The zero-order chi connectivity index (χ0) is 19.9. The average Bonchev–Trinajstić information content (AvgIpc) is 2.70. The van der Waals surface area contributed by atoms with E-state index >= 15 is 0 Å². The summed E-state index contributed by atoms with van der Waals surface area (Å²) in [4.78, 5) is 0. The molecule has 0 saturated heterocycles. The number of alkyl halides is 3. The number of hydrogen-bond donors (Lipinski definition) is 0. The van der Waals surface area contributed by atoms with E-state index in [4.69, 9.17) is 0 Å². The topological polar surface area (TPSA) is 9.23 Å². The smallest absolute Gasteiger partial charge is 0.387 e. The molecule has 1 saturated carbocycles. The molecule has 0 aliphatic heterocycles. The largest absolute Gasteiger partial charge is 0.432 e. The second kappa shape index (κ2) is 9.76. The number of benzene rings is 2. The Kier molecular flexibility index (Phi) is 7.12. The van der Waals surface area contributed by atoms with Crippen LogP contribution < -0.4 is 4.74 Å². The molecule has 5 heteroatoms. The maximum atomic E-state index is 13.9. The van der Waals surface area contributed by atoms with Crippen molar-refractivity contribution in [1.29, 1.82) is 0 Å². The van der Waals surface area contributed by atoms with E-state index in [1.54, 1.807) is 6.07 Å². The van der Waals surface area contributed by atoms with Gasteiger partial charge in [-0.2, -0.15) is 8.78 Å². The Morgan fingerprint density at radius 3 is 2.25 bits per heavy atom. The molecule has 0 atom stereocenters. The minimum atomic E-state index is -3.05. The Morgan fingerprint density at radius 2 is 1.64 bits per heavy atom. The van der Waals surface area contributed by atoms with Crippen LogP contribution in [0.4, 0.5) is 17.6 Å². The van der Waals surface area contributed by atoms with E-state index in [1.165, 1.54) is 17.7 Å². The summed E-state index contributed by atoms with van der Waals surface area (Å²) in [5, 5.41) is 0. The van der Waals surface area contributed by atoms with Crippen LogP contribution in [-0.2, 0) is 0 Å². The lowest BCUT2D eigenvalue weighted by Crippen LogP contribution is -2.11. The van der Waals surface area contributed by atoms with E-state index < -0.39 is 18.2 Å². The van der Waals surface area contributed by atoms with Crippen molar-refractivity contribution < 1.29 is 22.3 Å². The Balaban J connectivity index is 1.62. The summed E-state index contributed by atoms with van der Waals surface area (Å²) < 4.78 is 54.7. The molecule has 150 valence electrons. The summed E-state index contributed by atoms with van der Waals surface area (Å²) in [5.41, 5.74) is 2.70. The quantitative estimate of drug-likeness (QED) is 0.355. The summed E-state index contributed by atoms with van der Waals surface area (Å²) in [6.07, 6.45) is 8.98. The van der Waals surface area contributed by atoms with E-state index in [9.17, 15) is 17.6 Å². The first-order chi connectivity index (χ1) is 13.6. The molecule has 0 radical (unpaired) electrons. The monoisotopic (exact) mass is 392 g/mol. The van der Waals surface area contributed by atoms with Crippen LogP contribution in [0.2, 0.25) is 0 Å². The second-order valence-electron chi connectivity index (χ2n) is 7.16. The van der Waals surface area contributed by atoms with Gasteiger partial charge >= 0.3 is 6.61 Å². The minimum Gasteiger partial charge on any atom is -0.432 e. The van der Waals surface area contributed by atoms with Crippen molar-refractivity contribution in [3.63, 3.8) is 0 Å². The van der Waals surface area contributed by atoms with E-state index in [0.717, 1.165) is 31.2 Å². The van der Waals surface area contributed by atoms with Gasteiger partial charge < -0.3 is 4.74 Å². The van der Waals surface area contributed by atoms with Gasteiger partial charge in [-0.05, 0) is 72.8 Å². The number of hydrogen-bond acceptors (Lipinski definition) is 1. The van der Waals surface area contributed by atoms with E-state index in [2.05, 4.69) is 22.9 Å². The molecule has 28 heavy (non-hydrogen) atoms. The highest BCUT2D eigenvalue weighted by molar-refractivity contribution is 5.64. The number of allylic oxidation sites excluding steroid dienone is 2. The predicted octanol–water partition coefficient (Wildman–Crippen LogP) is 7.28. The average molecular weight is 392 g/mol. The zero-order valence-corrected chi connectivity index (χ0v) is 15.6. The third-order valence-corrected chi connectivity index (χ3v) is 5.32. The number of rotatable bonds is 7. The lowest BCUT2D eigenvalue weighted by molar-refractivity contribution is -0.0521. The van der Waals surface area contributed by atoms with Gasteiger partial charge in [-0.25, -0.2) is 4.39 Å². The van der Waals surface area contributed by atoms with Gasteiger partial charge in [0, 0.05) is 0 Å². The summed E-state index contributed by atoms with van der Waals surface area (Å²) in [6.45, 7) is -3.35. The van der Waals surface area contributed by atoms with Gasteiger partial charge in [-0.1, -0.05) is 42.5 Å². The molecule has 2 aromatic carbocycles. The Hall–Kier alpha value is -2.30. The van der Waals surface area contributed by atoms with Gasteiger partial charge in [0.25, 0.3) is 0 Å². The zero-order valence-electron chi connectivity index (χ0n) is 15.6.